The molecule has 0 atom stereocenters. The van der Waals surface area contributed by atoms with Crippen LogP contribution in [0.5, 0.6) is 11.5 Å². The molecule has 0 unspecified atom stereocenters. The number of guanidine groups is 1. The van der Waals surface area contributed by atoms with Gasteiger partial charge in [-0.1, -0.05) is 28.4 Å². The Balaban J connectivity index is 1.85. The highest BCUT2D eigenvalue weighted by molar-refractivity contribution is 6.34. The Morgan fingerprint density at radius 1 is 1.10 bits per heavy atom. The van der Waals surface area contributed by atoms with Gasteiger partial charge < -0.3 is 25.0 Å². The fourth-order valence-corrected chi connectivity index (χ4v) is 3.45. The van der Waals surface area contributed by atoms with Crippen molar-refractivity contribution in [3.8, 4) is 22.8 Å². The largest absolute Gasteiger partial charge is 0.497 e. The average Bonchev–Trinajstić information content (AvgIpc) is 3.12. The number of benzene rings is 2. The summed E-state index contributed by atoms with van der Waals surface area (Å²) in [5, 5.41) is 7.86. The van der Waals surface area contributed by atoms with E-state index in [-0.39, 0.29) is 18.1 Å². The summed E-state index contributed by atoms with van der Waals surface area (Å²) in [6.45, 7) is 1.90. The molecule has 1 aromatic heterocycles. The van der Waals surface area contributed by atoms with Crippen molar-refractivity contribution in [2.75, 3.05) is 14.2 Å². The molecule has 1 heterocycles. The van der Waals surface area contributed by atoms with Crippen molar-refractivity contribution in [3.63, 3.8) is 0 Å². The third-order valence-corrected chi connectivity index (χ3v) is 4.76. The number of amides is 1. The van der Waals surface area contributed by atoms with Crippen molar-refractivity contribution in [2.45, 2.75) is 13.5 Å². The highest BCUT2D eigenvalue weighted by atomic mass is 35.5. The molecule has 31 heavy (non-hydrogen) atoms. The molecular weight excluding hydrogens is 443 g/mol. The molecule has 0 radical (unpaired) electrons. The SMILES string of the molecule is COc1cc(OC)cc(-c2noc(C)c2C(=O)/N=C(/N)NCc2cc(Cl)cc(Cl)c2)c1. The van der Waals surface area contributed by atoms with Crippen molar-refractivity contribution < 1.29 is 18.8 Å². The van der Waals surface area contributed by atoms with Gasteiger partial charge in [0, 0.05) is 28.2 Å². The average molecular weight is 463 g/mol. The van der Waals surface area contributed by atoms with Crippen LogP contribution in [0, 0.1) is 6.92 Å². The van der Waals surface area contributed by atoms with Crippen LogP contribution in [0.1, 0.15) is 21.7 Å². The van der Waals surface area contributed by atoms with Gasteiger partial charge in [0.1, 0.15) is 28.5 Å². The van der Waals surface area contributed by atoms with Gasteiger partial charge >= 0.3 is 0 Å². The Kier molecular flexibility index (Phi) is 7.04. The number of aryl methyl sites for hydroxylation is 1. The quantitative estimate of drug-likeness (QED) is 0.416. The molecule has 0 aliphatic rings. The number of aliphatic imine (C=N–C) groups is 1. The molecule has 2 aromatic carbocycles. The maximum Gasteiger partial charge on any atom is 0.286 e. The first-order chi connectivity index (χ1) is 14.8. The number of ether oxygens (including phenoxy) is 2. The molecule has 0 spiro atoms. The van der Waals surface area contributed by atoms with Gasteiger partial charge in [-0.3, -0.25) is 4.79 Å². The summed E-state index contributed by atoms with van der Waals surface area (Å²) in [7, 11) is 3.06. The first-order valence-electron chi connectivity index (χ1n) is 9.07. The van der Waals surface area contributed by atoms with Crippen LogP contribution in [0.15, 0.2) is 45.9 Å². The zero-order valence-electron chi connectivity index (χ0n) is 17.0. The Labute approximate surface area is 188 Å². The van der Waals surface area contributed by atoms with Crippen LogP contribution in [0.4, 0.5) is 0 Å². The fourth-order valence-electron chi connectivity index (χ4n) is 2.88. The van der Waals surface area contributed by atoms with Crippen LogP contribution < -0.4 is 20.5 Å². The van der Waals surface area contributed by atoms with E-state index in [1.807, 2.05) is 0 Å². The maximum atomic E-state index is 12.8. The highest BCUT2D eigenvalue weighted by Gasteiger charge is 2.22. The lowest BCUT2D eigenvalue weighted by Crippen LogP contribution is -2.32. The molecule has 3 rings (SSSR count). The van der Waals surface area contributed by atoms with E-state index in [1.165, 1.54) is 14.2 Å². The van der Waals surface area contributed by atoms with Crippen molar-refractivity contribution in [3.05, 3.63) is 63.3 Å². The summed E-state index contributed by atoms with van der Waals surface area (Å²) in [5.41, 5.74) is 7.75. The molecule has 162 valence electrons. The molecule has 0 aliphatic carbocycles. The minimum absolute atomic E-state index is 0.0733. The molecule has 3 N–H and O–H groups in total. The van der Waals surface area contributed by atoms with Gasteiger partial charge in [0.2, 0.25) is 0 Å². The third-order valence-electron chi connectivity index (χ3n) is 4.32. The minimum Gasteiger partial charge on any atom is -0.497 e. The Hall–Kier alpha value is -3.23. The van der Waals surface area contributed by atoms with E-state index in [0.29, 0.717) is 38.6 Å². The van der Waals surface area contributed by atoms with Crippen LogP contribution in [0.3, 0.4) is 0 Å². The highest BCUT2D eigenvalue weighted by Crippen LogP contribution is 2.32. The van der Waals surface area contributed by atoms with Gasteiger partial charge in [0.05, 0.1) is 14.2 Å². The van der Waals surface area contributed by atoms with Crippen LogP contribution in [0.25, 0.3) is 11.3 Å². The van der Waals surface area contributed by atoms with Crippen LogP contribution in [0.2, 0.25) is 10.0 Å². The van der Waals surface area contributed by atoms with Crippen molar-refractivity contribution in [2.24, 2.45) is 10.7 Å². The van der Waals surface area contributed by atoms with Crippen LogP contribution in [-0.2, 0) is 6.54 Å². The first kappa shape index (κ1) is 22.5. The number of methoxy groups -OCH3 is 2. The van der Waals surface area contributed by atoms with E-state index in [2.05, 4.69) is 15.5 Å². The number of hydrogen-bond acceptors (Lipinski definition) is 5. The lowest BCUT2D eigenvalue weighted by molar-refractivity contribution is 0.100. The molecular formula is C21H20Cl2N4O4. The van der Waals surface area contributed by atoms with E-state index in [1.54, 1.807) is 43.3 Å². The number of hydrogen-bond donors (Lipinski definition) is 2. The maximum absolute atomic E-state index is 12.8. The third kappa shape index (κ3) is 5.48. The number of aromatic nitrogens is 1. The summed E-state index contributed by atoms with van der Waals surface area (Å²) < 4.78 is 15.8. The fraction of sp³-hybridized carbons (Fsp3) is 0.190. The molecule has 0 saturated carbocycles. The van der Waals surface area contributed by atoms with Gasteiger partial charge in [-0.25, -0.2) is 0 Å². The van der Waals surface area contributed by atoms with Gasteiger partial charge in [-0.05, 0) is 42.8 Å². The van der Waals surface area contributed by atoms with Gasteiger partial charge in [-0.2, -0.15) is 4.99 Å². The van der Waals surface area contributed by atoms with Crippen molar-refractivity contribution >= 4 is 35.1 Å². The number of nitrogens with two attached hydrogens (primary N) is 1. The lowest BCUT2D eigenvalue weighted by atomic mass is 10.1. The van der Waals surface area contributed by atoms with E-state index in [4.69, 9.17) is 42.9 Å². The molecule has 10 heteroatoms. The topological polar surface area (TPSA) is 112 Å². The first-order valence-corrected chi connectivity index (χ1v) is 9.83. The second kappa shape index (κ2) is 9.72. The number of rotatable bonds is 6. The molecule has 0 saturated heterocycles. The predicted octanol–water partition coefficient (Wildman–Crippen LogP) is 4.22. The summed E-state index contributed by atoms with van der Waals surface area (Å²) in [6, 6.07) is 10.2. The molecule has 8 nitrogen and oxygen atoms in total. The van der Waals surface area contributed by atoms with Crippen LogP contribution in [-0.4, -0.2) is 31.2 Å². The monoisotopic (exact) mass is 462 g/mol. The van der Waals surface area contributed by atoms with Gasteiger partial charge in [-0.15, -0.1) is 0 Å². The van der Waals surface area contributed by atoms with Crippen LogP contribution >= 0.6 is 23.2 Å². The standard InChI is InChI=1S/C21H20Cl2N4O4/c1-11-18(19(27-31-11)13-6-16(29-2)9-17(7-13)30-3)20(28)26-21(24)25-10-12-4-14(22)8-15(23)5-12/h4-9H,10H2,1-3H3,(H3,24,25,26,28). The van der Waals surface area contributed by atoms with Crippen molar-refractivity contribution in [1.82, 2.24) is 10.5 Å². The zero-order valence-corrected chi connectivity index (χ0v) is 18.5. The summed E-state index contributed by atoms with van der Waals surface area (Å²) in [4.78, 5) is 16.8. The number of nitrogens with zero attached hydrogens (tertiary/aromatic N) is 2. The van der Waals surface area contributed by atoms with E-state index in [9.17, 15) is 4.79 Å². The lowest BCUT2D eigenvalue weighted by Gasteiger charge is -2.08. The molecule has 0 fully saturated rings. The Bertz CT molecular complexity index is 1100. The summed E-state index contributed by atoms with van der Waals surface area (Å²) in [6.07, 6.45) is 0. The van der Waals surface area contributed by atoms with E-state index in [0.717, 1.165) is 5.56 Å². The van der Waals surface area contributed by atoms with Gasteiger partial charge in [0.25, 0.3) is 5.91 Å². The Morgan fingerprint density at radius 2 is 1.71 bits per heavy atom. The number of halogens is 2. The smallest absolute Gasteiger partial charge is 0.286 e. The molecule has 0 aliphatic heterocycles. The normalized spacial score (nSPS) is 11.3. The van der Waals surface area contributed by atoms with Crippen molar-refractivity contribution in [1.29, 1.82) is 0 Å². The predicted molar refractivity (Wildman–Crippen MR) is 119 cm³/mol. The number of carbonyl (C=O) groups excluding carboxylic acids is 1. The molecule has 0 bridgehead atoms. The minimum atomic E-state index is -0.607. The van der Waals surface area contributed by atoms with E-state index >= 15 is 0 Å². The summed E-state index contributed by atoms with van der Waals surface area (Å²) in [5.74, 6) is 0.706. The Morgan fingerprint density at radius 3 is 2.29 bits per heavy atom. The second-order valence-electron chi connectivity index (χ2n) is 6.50. The van der Waals surface area contributed by atoms with Gasteiger partial charge in [0.15, 0.2) is 5.96 Å². The molecule has 3 aromatic rings. The zero-order chi connectivity index (χ0) is 22.5. The molecule has 1 amide bonds. The summed E-state index contributed by atoms with van der Waals surface area (Å²) >= 11 is 12.0. The number of nitrogens with one attached hydrogen (secondary N) is 1. The second-order valence-corrected chi connectivity index (χ2v) is 7.37. The number of carbonyl (C=O) groups is 1. The van der Waals surface area contributed by atoms with E-state index < -0.39 is 5.91 Å².